The molecule has 5 heteroatoms. The van der Waals surface area contributed by atoms with Gasteiger partial charge in [-0.15, -0.1) is 0 Å². The Morgan fingerprint density at radius 3 is 2.86 bits per heavy atom. The lowest BCUT2D eigenvalue weighted by molar-refractivity contribution is -0.385. The fourth-order valence-electron chi connectivity index (χ4n) is 3.45. The minimum absolute atomic E-state index is 0.185. The zero-order valence-corrected chi connectivity index (χ0v) is 13.1. The molecule has 1 N–H and O–H groups in total. The molecule has 5 nitrogen and oxygen atoms in total. The lowest BCUT2D eigenvalue weighted by atomic mass is 9.83. The molecule has 1 saturated heterocycles. The van der Waals surface area contributed by atoms with E-state index in [1.807, 2.05) is 13.1 Å². The Hall–Kier alpha value is -1.46. The fourth-order valence-corrected chi connectivity index (χ4v) is 3.45. The number of benzene rings is 1. The molecule has 1 heterocycles. The Balaban J connectivity index is 2.37. The topological polar surface area (TPSA) is 58.4 Å². The first-order valence-corrected chi connectivity index (χ1v) is 7.69. The molecule has 2 unspecified atom stereocenters. The van der Waals surface area contributed by atoms with Crippen LogP contribution in [-0.4, -0.2) is 36.0 Å². The molecule has 1 fully saturated rings. The minimum Gasteiger partial charge on any atom is -0.319 e. The summed E-state index contributed by atoms with van der Waals surface area (Å²) in [5, 5.41) is 14.3. The number of hydrogen-bond donors (Lipinski definition) is 1. The van der Waals surface area contributed by atoms with Gasteiger partial charge in [0.2, 0.25) is 0 Å². The van der Waals surface area contributed by atoms with Crippen LogP contribution in [0.15, 0.2) is 24.3 Å². The fraction of sp³-hybridized carbons (Fsp3) is 0.625. The predicted octanol–water partition coefficient (Wildman–Crippen LogP) is 2.98. The van der Waals surface area contributed by atoms with Crippen LogP contribution < -0.4 is 5.32 Å². The number of non-ortho nitro benzene ring substituents is 1. The SMILES string of the molecule is CNCC1CCCN(C(C)C)C1c1cccc([N+](=O)[O-])c1. The van der Waals surface area contributed by atoms with Crippen molar-refractivity contribution in [1.29, 1.82) is 0 Å². The van der Waals surface area contributed by atoms with Gasteiger partial charge in [0.25, 0.3) is 5.69 Å². The summed E-state index contributed by atoms with van der Waals surface area (Å²) in [6, 6.07) is 7.84. The number of nitro benzene ring substituents is 1. The van der Waals surface area contributed by atoms with Gasteiger partial charge in [-0.3, -0.25) is 15.0 Å². The van der Waals surface area contributed by atoms with Crippen molar-refractivity contribution in [3.05, 3.63) is 39.9 Å². The third kappa shape index (κ3) is 3.60. The smallest absolute Gasteiger partial charge is 0.269 e. The van der Waals surface area contributed by atoms with E-state index in [0.717, 1.165) is 25.1 Å². The molecule has 1 aliphatic heterocycles. The average molecular weight is 291 g/mol. The summed E-state index contributed by atoms with van der Waals surface area (Å²) >= 11 is 0. The van der Waals surface area contributed by atoms with Crippen molar-refractivity contribution in [3.63, 3.8) is 0 Å². The molecular formula is C16H25N3O2. The van der Waals surface area contributed by atoms with E-state index in [-0.39, 0.29) is 16.7 Å². The van der Waals surface area contributed by atoms with E-state index in [1.54, 1.807) is 18.2 Å². The maximum atomic E-state index is 11.0. The highest BCUT2D eigenvalue weighted by molar-refractivity contribution is 5.36. The van der Waals surface area contributed by atoms with Crippen molar-refractivity contribution in [2.45, 2.75) is 38.8 Å². The molecule has 0 saturated carbocycles. The summed E-state index contributed by atoms with van der Waals surface area (Å²) in [6.07, 6.45) is 2.35. The number of nitrogens with zero attached hydrogens (tertiary/aromatic N) is 2. The third-order valence-electron chi connectivity index (χ3n) is 4.35. The lowest BCUT2D eigenvalue weighted by Crippen LogP contribution is -2.45. The van der Waals surface area contributed by atoms with E-state index in [1.165, 1.54) is 6.42 Å². The second-order valence-electron chi connectivity index (χ2n) is 6.09. The maximum absolute atomic E-state index is 11.0. The molecule has 2 rings (SSSR count). The van der Waals surface area contributed by atoms with Gasteiger partial charge in [0.1, 0.15) is 0 Å². The van der Waals surface area contributed by atoms with Gasteiger partial charge in [-0.25, -0.2) is 0 Å². The first-order valence-electron chi connectivity index (χ1n) is 7.69. The summed E-state index contributed by atoms with van der Waals surface area (Å²) in [4.78, 5) is 13.2. The molecule has 2 atom stereocenters. The molecule has 21 heavy (non-hydrogen) atoms. The van der Waals surface area contributed by atoms with Crippen molar-refractivity contribution in [3.8, 4) is 0 Å². The van der Waals surface area contributed by atoms with Gasteiger partial charge < -0.3 is 5.32 Å². The van der Waals surface area contributed by atoms with Crippen molar-refractivity contribution < 1.29 is 4.92 Å². The Bertz CT molecular complexity index is 488. The van der Waals surface area contributed by atoms with Crippen LogP contribution in [0.2, 0.25) is 0 Å². The molecule has 116 valence electrons. The van der Waals surface area contributed by atoms with Crippen LogP contribution in [-0.2, 0) is 0 Å². The average Bonchev–Trinajstić information content (AvgIpc) is 2.47. The number of hydrogen-bond acceptors (Lipinski definition) is 4. The van der Waals surface area contributed by atoms with Crippen LogP contribution in [0, 0.1) is 16.0 Å². The first-order chi connectivity index (χ1) is 10.0. The van der Waals surface area contributed by atoms with Crippen molar-refractivity contribution in [2.24, 2.45) is 5.92 Å². The van der Waals surface area contributed by atoms with Gasteiger partial charge in [0.15, 0.2) is 0 Å². The van der Waals surface area contributed by atoms with Crippen LogP contribution in [0.25, 0.3) is 0 Å². The van der Waals surface area contributed by atoms with E-state index in [4.69, 9.17) is 0 Å². The zero-order valence-electron chi connectivity index (χ0n) is 13.1. The molecule has 1 aromatic rings. The molecule has 0 amide bonds. The highest BCUT2D eigenvalue weighted by Gasteiger charge is 2.34. The van der Waals surface area contributed by atoms with E-state index in [0.29, 0.717) is 12.0 Å². The second kappa shape index (κ2) is 7.00. The predicted molar refractivity (Wildman–Crippen MR) is 84.3 cm³/mol. The zero-order chi connectivity index (χ0) is 15.4. The van der Waals surface area contributed by atoms with Gasteiger partial charge in [0.05, 0.1) is 4.92 Å². The molecule has 0 aromatic heterocycles. The summed E-state index contributed by atoms with van der Waals surface area (Å²) < 4.78 is 0. The van der Waals surface area contributed by atoms with Gasteiger partial charge in [-0.1, -0.05) is 12.1 Å². The van der Waals surface area contributed by atoms with Crippen molar-refractivity contribution >= 4 is 5.69 Å². The summed E-state index contributed by atoms with van der Waals surface area (Å²) in [7, 11) is 1.97. The van der Waals surface area contributed by atoms with Crippen LogP contribution in [0.5, 0.6) is 0 Å². The lowest BCUT2D eigenvalue weighted by Gasteiger charge is -2.44. The molecular weight excluding hydrogens is 266 g/mol. The van der Waals surface area contributed by atoms with Crippen LogP contribution >= 0.6 is 0 Å². The largest absolute Gasteiger partial charge is 0.319 e. The van der Waals surface area contributed by atoms with Crippen LogP contribution in [0.1, 0.15) is 38.3 Å². The quantitative estimate of drug-likeness (QED) is 0.669. The molecule has 1 aliphatic rings. The second-order valence-corrected chi connectivity index (χ2v) is 6.09. The highest BCUT2D eigenvalue weighted by atomic mass is 16.6. The van der Waals surface area contributed by atoms with Crippen molar-refractivity contribution in [1.82, 2.24) is 10.2 Å². The van der Waals surface area contributed by atoms with E-state index >= 15 is 0 Å². The third-order valence-corrected chi connectivity index (χ3v) is 4.35. The highest BCUT2D eigenvalue weighted by Crippen LogP contribution is 2.38. The molecule has 0 aliphatic carbocycles. The Kier molecular flexibility index (Phi) is 5.31. The van der Waals surface area contributed by atoms with Crippen LogP contribution in [0.3, 0.4) is 0 Å². The number of likely N-dealkylation sites (tertiary alicyclic amines) is 1. The van der Waals surface area contributed by atoms with Crippen LogP contribution in [0.4, 0.5) is 5.69 Å². The van der Waals surface area contributed by atoms with E-state index in [2.05, 4.69) is 24.1 Å². The van der Waals surface area contributed by atoms with E-state index in [9.17, 15) is 10.1 Å². The Labute approximate surface area is 126 Å². The Morgan fingerprint density at radius 2 is 2.24 bits per heavy atom. The molecule has 0 radical (unpaired) electrons. The normalized spacial score (nSPS) is 23.4. The number of rotatable bonds is 5. The minimum atomic E-state index is -0.306. The monoisotopic (exact) mass is 291 g/mol. The van der Waals surface area contributed by atoms with E-state index < -0.39 is 0 Å². The number of nitrogens with one attached hydrogen (secondary N) is 1. The van der Waals surface area contributed by atoms with Gasteiger partial charge >= 0.3 is 0 Å². The van der Waals surface area contributed by atoms with Gasteiger partial charge in [-0.2, -0.15) is 0 Å². The number of nitro groups is 1. The van der Waals surface area contributed by atoms with Crippen molar-refractivity contribution in [2.75, 3.05) is 20.1 Å². The molecule has 0 bridgehead atoms. The standard InChI is InChI=1S/C16H25N3O2/c1-12(2)18-9-5-7-14(11-17-3)16(18)13-6-4-8-15(10-13)19(20)21/h4,6,8,10,12,14,16-17H,5,7,9,11H2,1-3H3. The molecule has 1 aromatic carbocycles. The summed E-state index contributed by atoms with van der Waals surface area (Å²) in [5.41, 5.74) is 1.25. The van der Waals surface area contributed by atoms with Gasteiger partial charge in [-0.05, 0) is 58.3 Å². The summed E-state index contributed by atoms with van der Waals surface area (Å²) in [6.45, 7) is 6.40. The Morgan fingerprint density at radius 1 is 1.48 bits per heavy atom. The number of piperidine rings is 1. The molecule has 0 spiro atoms. The summed E-state index contributed by atoms with van der Waals surface area (Å²) in [5.74, 6) is 0.494. The first kappa shape index (κ1) is 15.9. The maximum Gasteiger partial charge on any atom is 0.269 e. The van der Waals surface area contributed by atoms with Gasteiger partial charge in [0, 0.05) is 24.2 Å².